The summed E-state index contributed by atoms with van der Waals surface area (Å²) >= 11 is 15.0. The standard InChI is InChI=1S/C25H20Cl2N4O2S2/c1-14(17-5-2-3-7-19(17)27)29-30-21(32)13-34-25-28-23-22(18-6-4-8-20(18)35-23)24(33)31(25)16-11-9-15(26)10-12-16/h2-3,5,7,9-12H,4,6,8,13H2,1H3,(H,30,32). The lowest BCUT2D eigenvalue weighted by molar-refractivity contribution is -0.118. The van der Waals surface area contributed by atoms with Crippen molar-refractivity contribution in [1.29, 1.82) is 0 Å². The molecule has 1 aliphatic carbocycles. The zero-order valence-corrected chi connectivity index (χ0v) is 21.8. The number of hydrazone groups is 1. The molecule has 35 heavy (non-hydrogen) atoms. The van der Waals surface area contributed by atoms with Crippen molar-refractivity contribution in [3.63, 3.8) is 0 Å². The Morgan fingerprint density at radius 3 is 2.71 bits per heavy atom. The van der Waals surface area contributed by atoms with Gasteiger partial charge in [-0.05, 0) is 62.1 Å². The Bertz CT molecular complexity index is 1530. The van der Waals surface area contributed by atoms with E-state index in [0.29, 0.717) is 32.0 Å². The maximum absolute atomic E-state index is 13.7. The Kier molecular flexibility index (Phi) is 6.98. The highest BCUT2D eigenvalue weighted by molar-refractivity contribution is 7.99. The third kappa shape index (κ3) is 4.89. The SMILES string of the molecule is CC(=NNC(=O)CSc1nc2sc3c(c2c(=O)n1-c1ccc(Cl)cc1)CCC3)c1ccccc1Cl. The van der Waals surface area contributed by atoms with Gasteiger partial charge in [-0.25, -0.2) is 10.4 Å². The molecule has 2 aromatic heterocycles. The first kappa shape index (κ1) is 24.1. The first-order chi connectivity index (χ1) is 16.9. The van der Waals surface area contributed by atoms with Crippen LogP contribution in [0, 0.1) is 0 Å². The van der Waals surface area contributed by atoms with Gasteiger partial charge in [0.15, 0.2) is 5.16 Å². The number of thioether (sulfide) groups is 1. The summed E-state index contributed by atoms with van der Waals surface area (Å²) < 4.78 is 1.57. The molecular formula is C25H20Cl2N4O2S2. The van der Waals surface area contributed by atoms with E-state index in [1.807, 2.05) is 18.2 Å². The van der Waals surface area contributed by atoms with Crippen molar-refractivity contribution in [2.75, 3.05) is 5.75 Å². The highest BCUT2D eigenvalue weighted by Crippen LogP contribution is 2.36. The number of fused-ring (bicyclic) bond motifs is 3. The van der Waals surface area contributed by atoms with Crippen LogP contribution in [0.2, 0.25) is 10.0 Å². The molecule has 0 fully saturated rings. The molecule has 5 rings (SSSR count). The zero-order valence-electron chi connectivity index (χ0n) is 18.7. The second-order valence-corrected chi connectivity index (χ2v) is 10.9. The molecule has 2 heterocycles. The maximum Gasteiger partial charge on any atom is 0.267 e. The monoisotopic (exact) mass is 542 g/mol. The topological polar surface area (TPSA) is 76.3 Å². The van der Waals surface area contributed by atoms with Crippen molar-refractivity contribution in [2.24, 2.45) is 5.10 Å². The molecule has 10 heteroatoms. The second kappa shape index (κ2) is 10.1. The number of amides is 1. The summed E-state index contributed by atoms with van der Waals surface area (Å²) in [5, 5.41) is 6.45. The number of hydrogen-bond acceptors (Lipinski definition) is 6. The molecule has 0 spiro atoms. The van der Waals surface area contributed by atoms with Crippen molar-refractivity contribution in [3.8, 4) is 5.69 Å². The lowest BCUT2D eigenvalue weighted by Crippen LogP contribution is -2.24. The third-order valence-corrected chi connectivity index (χ3v) is 8.44. The summed E-state index contributed by atoms with van der Waals surface area (Å²) in [6.45, 7) is 1.78. The zero-order chi connectivity index (χ0) is 24.5. The number of nitrogens with zero attached hydrogens (tertiary/aromatic N) is 3. The number of thiophene rings is 1. The van der Waals surface area contributed by atoms with E-state index in [1.54, 1.807) is 53.2 Å². The second-order valence-electron chi connectivity index (χ2n) is 8.05. The lowest BCUT2D eigenvalue weighted by atomic mass is 10.1. The van der Waals surface area contributed by atoms with Crippen LogP contribution < -0.4 is 11.0 Å². The van der Waals surface area contributed by atoms with Crippen LogP contribution in [0.3, 0.4) is 0 Å². The number of benzene rings is 2. The van der Waals surface area contributed by atoms with Crippen LogP contribution in [-0.2, 0) is 17.6 Å². The molecule has 0 saturated heterocycles. The molecule has 0 bridgehead atoms. The molecule has 0 radical (unpaired) electrons. The van der Waals surface area contributed by atoms with Crippen LogP contribution in [0.15, 0.2) is 63.6 Å². The largest absolute Gasteiger partial charge is 0.272 e. The number of hydrogen-bond donors (Lipinski definition) is 1. The van der Waals surface area contributed by atoms with Gasteiger partial charge in [0.1, 0.15) is 4.83 Å². The number of nitrogens with one attached hydrogen (secondary N) is 1. The Hall–Kier alpha value is -2.65. The van der Waals surface area contributed by atoms with E-state index in [-0.39, 0.29) is 17.2 Å². The number of halogens is 2. The van der Waals surface area contributed by atoms with E-state index in [4.69, 9.17) is 28.2 Å². The van der Waals surface area contributed by atoms with Crippen molar-refractivity contribution in [1.82, 2.24) is 15.0 Å². The molecule has 0 unspecified atom stereocenters. The molecule has 4 aromatic rings. The van der Waals surface area contributed by atoms with E-state index >= 15 is 0 Å². The third-order valence-electron chi connectivity index (χ3n) is 5.74. The molecule has 1 aliphatic rings. The first-order valence-corrected chi connectivity index (χ1v) is 13.5. The van der Waals surface area contributed by atoms with Gasteiger partial charge < -0.3 is 0 Å². The molecule has 0 aliphatic heterocycles. The van der Waals surface area contributed by atoms with Crippen molar-refractivity contribution < 1.29 is 4.79 Å². The van der Waals surface area contributed by atoms with Crippen LogP contribution in [0.5, 0.6) is 0 Å². The Labute approximate surface area is 220 Å². The molecule has 2 aromatic carbocycles. The van der Waals surface area contributed by atoms with Crippen LogP contribution >= 0.6 is 46.3 Å². The van der Waals surface area contributed by atoms with Gasteiger partial charge in [-0.15, -0.1) is 11.3 Å². The Morgan fingerprint density at radius 1 is 1.17 bits per heavy atom. The molecular weight excluding hydrogens is 523 g/mol. The average Bonchev–Trinajstić information content (AvgIpc) is 3.43. The Balaban J connectivity index is 1.43. The normalized spacial score (nSPS) is 13.3. The predicted octanol–water partition coefficient (Wildman–Crippen LogP) is 5.88. The lowest BCUT2D eigenvalue weighted by Gasteiger charge is -2.12. The van der Waals surface area contributed by atoms with Gasteiger partial charge in [-0.2, -0.15) is 5.10 Å². The van der Waals surface area contributed by atoms with Gasteiger partial charge in [0.05, 0.1) is 22.5 Å². The highest BCUT2D eigenvalue weighted by Gasteiger charge is 2.24. The summed E-state index contributed by atoms with van der Waals surface area (Å²) in [5.41, 5.74) is 5.56. The van der Waals surface area contributed by atoms with Crippen LogP contribution in [0.25, 0.3) is 15.9 Å². The number of carbonyl (C=O) groups is 1. The minimum atomic E-state index is -0.313. The smallest absolute Gasteiger partial charge is 0.267 e. The molecule has 0 saturated carbocycles. The van der Waals surface area contributed by atoms with E-state index in [0.717, 1.165) is 35.2 Å². The van der Waals surface area contributed by atoms with Crippen molar-refractivity contribution in [3.05, 3.63) is 84.9 Å². The van der Waals surface area contributed by atoms with E-state index in [2.05, 4.69) is 10.5 Å². The number of aromatic nitrogens is 2. The van der Waals surface area contributed by atoms with Gasteiger partial charge >= 0.3 is 0 Å². The van der Waals surface area contributed by atoms with E-state index in [1.165, 1.54) is 16.6 Å². The quantitative estimate of drug-likeness (QED) is 0.143. The first-order valence-electron chi connectivity index (χ1n) is 11.0. The molecule has 1 N–H and O–H groups in total. The van der Waals surface area contributed by atoms with Crippen LogP contribution in [0.4, 0.5) is 0 Å². The summed E-state index contributed by atoms with van der Waals surface area (Å²) in [6.07, 6.45) is 2.93. The molecule has 178 valence electrons. The summed E-state index contributed by atoms with van der Waals surface area (Å²) in [6, 6.07) is 14.3. The number of aryl methyl sites for hydroxylation is 2. The molecule has 0 atom stereocenters. The highest BCUT2D eigenvalue weighted by atomic mass is 35.5. The number of carbonyl (C=O) groups excluding carboxylic acids is 1. The fraction of sp³-hybridized carbons (Fsp3) is 0.200. The predicted molar refractivity (Wildman–Crippen MR) is 145 cm³/mol. The molecule has 1 amide bonds. The van der Waals surface area contributed by atoms with Crippen LogP contribution in [0.1, 0.15) is 29.3 Å². The van der Waals surface area contributed by atoms with Gasteiger partial charge in [0.25, 0.3) is 11.5 Å². The number of rotatable bonds is 6. The summed E-state index contributed by atoms with van der Waals surface area (Å²) in [5.74, 6) is -0.275. The minimum absolute atomic E-state index is 0.0376. The van der Waals surface area contributed by atoms with Crippen molar-refractivity contribution >= 4 is 68.1 Å². The van der Waals surface area contributed by atoms with Crippen LogP contribution in [-0.4, -0.2) is 26.9 Å². The fourth-order valence-corrected chi connectivity index (χ4v) is 6.57. The van der Waals surface area contributed by atoms with E-state index < -0.39 is 0 Å². The fourth-order valence-electron chi connectivity index (χ4n) is 4.06. The summed E-state index contributed by atoms with van der Waals surface area (Å²) in [7, 11) is 0. The van der Waals surface area contributed by atoms with E-state index in [9.17, 15) is 9.59 Å². The molecule has 6 nitrogen and oxygen atoms in total. The van der Waals surface area contributed by atoms with Gasteiger partial charge in [-0.1, -0.05) is 53.2 Å². The average molecular weight is 544 g/mol. The summed E-state index contributed by atoms with van der Waals surface area (Å²) in [4.78, 5) is 33.0. The van der Waals surface area contributed by atoms with Crippen molar-refractivity contribution in [2.45, 2.75) is 31.3 Å². The Morgan fingerprint density at radius 2 is 1.94 bits per heavy atom. The maximum atomic E-state index is 13.7. The van der Waals surface area contributed by atoms with Gasteiger partial charge in [-0.3, -0.25) is 14.2 Å². The van der Waals surface area contributed by atoms with Gasteiger partial charge in [0.2, 0.25) is 0 Å². The van der Waals surface area contributed by atoms with Gasteiger partial charge in [0, 0.05) is 20.5 Å². The minimum Gasteiger partial charge on any atom is -0.272 e.